The summed E-state index contributed by atoms with van der Waals surface area (Å²) < 4.78 is 2.43. The zero-order valence-corrected chi connectivity index (χ0v) is 38.5. The van der Waals surface area contributed by atoms with Crippen LogP contribution in [-0.4, -0.2) is 4.57 Å². The molecule has 0 N–H and O–H groups in total. The van der Waals surface area contributed by atoms with Crippen LogP contribution in [0.4, 0.5) is 17.1 Å². The second kappa shape index (κ2) is 15.8. The third-order valence-electron chi connectivity index (χ3n) is 15.3. The Bertz CT molecular complexity index is 3810. The lowest BCUT2D eigenvalue weighted by molar-refractivity contribution is 0.768. The van der Waals surface area contributed by atoms with Crippen molar-refractivity contribution in [3.05, 3.63) is 324 Å². The topological polar surface area (TPSA) is 8.17 Å². The quantitative estimate of drug-likeness (QED) is 0.148. The zero-order valence-electron chi connectivity index (χ0n) is 38.5. The summed E-state index contributed by atoms with van der Waals surface area (Å²) in [5, 5.41) is 2.49. The van der Waals surface area contributed by atoms with Gasteiger partial charge in [-0.3, -0.25) is 0 Å². The van der Waals surface area contributed by atoms with Crippen LogP contribution in [0, 0.1) is 0 Å². The Hall–Kier alpha value is -8.98. The number of nitrogens with zero attached hydrogens (tertiary/aromatic N) is 2. The highest BCUT2D eigenvalue weighted by Crippen LogP contribution is 2.59. The average Bonchev–Trinajstić information content (AvgIpc) is 4.05. The van der Waals surface area contributed by atoms with E-state index in [0.29, 0.717) is 0 Å². The second-order valence-corrected chi connectivity index (χ2v) is 18.7. The number of anilines is 3. The van der Waals surface area contributed by atoms with Crippen LogP contribution in [0.3, 0.4) is 0 Å². The molecule has 2 aliphatic carbocycles. The monoisotopic (exact) mass is 890 g/mol. The maximum absolute atomic E-state index is 2.50. The molecule has 0 saturated carbocycles. The molecule has 11 aromatic carbocycles. The predicted octanol–water partition coefficient (Wildman–Crippen LogP) is 17.0. The fraction of sp³-hybridized carbons (Fsp3) is 0.0294. The maximum Gasteiger partial charge on any atom is 0.0714 e. The molecule has 1 aromatic heterocycles. The molecule has 0 amide bonds. The van der Waals surface area contributed by atoms with E-state index in [1.165, 1.54) is 88.6 Å². The first kappa shape index (κ1) is 40.1. The molecular formula is C68H46N2. The van der Waals surface area contributed by atoms with Crippen LogP contribution < -0.4 is 4.90 Å². The lowest BCUT2D eigenvalue weighted by Crippen LogP contribution is -2.29. The van der Waals surface area contributed by atoms with Crippen molar-refractivity contribution in [3.8, 4) is 27.9 Å². The van der Waals surface area contributed by atoms with E-state index in [1.807, 2.05) is 0 Å². The first-order valence-electron chi connectivity index (χ1n) is 24.3. The van der Waals surface area contributed by atoms with Crippen molar-refractivity contribution < 1.29 is 0 Å². The van der Waals surface area contributed by atoms with E-state index in [9.17, 15) is 0 Å². The highest BCUT2D eigenvalue weighted by atomic mass is 15.1. The summed E-state index contributed by atoms with van der Waals surface area (Å²) in [6, 6.07) is 104. The molecule has 0 bridgehead atoms. The third-order valence-corrected chi connectivity index (χ3v) is 15.3. The van der Waals surface area contributed by atoms with Crippen LogP contribution in [0.15, 0.2) is 279 Å². The summed E-state index contributed by atoms with van der Waals surface area (Å²) in [5.74, 6) is 0. The van der Waals surface area contributed by atoms with Crippen molar-refractivity contribution in [2.75, 3.05) is 4.90 Å². The molecule has 2 nitrogen and oxygen atoms in total. The van der Waals surface area contributed by atoms with E-state index in [-0.39, 0.29) is 0 Å². The summed E-state index contributed by atoms with van der Waals surface area (Å²) in [6.07, 6.45) is 0. The first-order chi connectivity index (χ1) is 34.7. The van der Waals surface area contributed by atoms with Gasteiger partial charge in [-0.15, -0.1) is 0 Å². The van der Waals surface area contributed by atoms with Crippen molar-refractivity contribution >= 4 is 38.9 Å². The van der Waals surface area contributed by atoms with Gasteiger partial charge in [-0.1, -0.05) is 224 Å². The number of para-hydroxylation sites is 2. The van der Waals surface area contributed by atoms with Gasteiger partial charge in [0.1, 0.15) is 0 Å². The van der Waals surface area contributed by atoms with Gasteiger partial charge >= 0.3 is 0 Å². The minimum Gasteiger partial charge on any atom is -0.310 e. The summed E-state index contributed by atoms with van der Waals surface area (Å²) in [6.45, 7) is 0. The minimum atomic E-state index is -0.553. The molecule has 0 atom stereocenters. The first-order valence-corrected chi connectivity index (χ1v) is 24.3. The fourth-order valence-corrected chi connectivity index (χ4v) is 12.6. The minimum absolute atomic E-state index is 0.501. The Morgan fingerprint density at radius 1 is 0.257 bits per heavy atom. The van der Waals surface area contributed by atoms with Crippen molar-refractivity contribution in [3.63, 3.8) is 0 Å². The number of hydrogen-bond acceptors (Lipinski definition) is 1. The lowest BCUT2D eigenvalue weighted by Gasteiger charge is -2.35. The fourth-order valence-electron chi connectivity index (χ4n) is 12.6. The van der Waals surface area contributed by atoms with Crippen LogP contribution >= 0.6 is 0 Å². The molecule has 70 heavy (non-hydrogen) atoms. The van der Waals surface area contributed by atoms with Crippen LogP contribution in [0.5, 0.6) is 0 Å². The lowest BCUT2D eigenvalue weighted by atomic mass is 9.67. The van der Waals surface area contributed by atoms with Crippen LogP contribution in [0.2, 0.25) is 0 Å². The van der Waals surface area contributed by atoms with Gasteiger partial charge in [-0.05, 0) is 121 Å². The molecule has 1 heterocycles. The summed E-state index contributed by atoms with van der Waals surface area (Å²) >= 11 is 0. The third kappa shape index (κ3) is 5.68. The molecule has 0 fully saturated rings. The van der Waals surface area contributed by atoms with Gasteiger partial charge in [0, 0.05) is 33.5 Å². The van der Waals surface area contributed by atoms with Gasteiger partial charge in [-0.2, -0.15) is 0 Å². The Labute approximate surface area is 408 Å². The van der Waals surface area contributed by atoms with E-state index in [1.54, 1.807) is 0 Å². The van der Waals surface area contributed by atoms with Gasteiger partial charge in [0.15, 0.2) is 0 Å². The molecule has 2 aliphatic rings. The van der Waals surface area contributed by atoms with Gasteiger partial charge in [0.2, 0.25) is 0 Å². The van der Waals surface area contributed by atoms with Crippen molar-refractivity contribution in [1.82, 2.24) is 4.57 Å². The molecule has 0 unspecified atom stereocenters. The van der Waals surface area contributed by atoms with Crippen LogP contribution in [0.25, 0.3) is 49.7 Å². The van der Waals surface area contributed by atoms with Gasteiger partial charge in [-0.25, -0.2) is 0 Å². The second-order valence-electron chi connectivity index (χ2n) is 18.7. The molecule has 0 spiro atoms. The average molecular weight is 891 g/mol. The Morgan fingerprint density at radius 2 is 0.657 bits per heavy atom. The molecule has 0 radical (unpaired) electrons. The van der Waals surface area contributed by atoms with E-state index < -0.39 is 10.8 Å². The Morgan fingerprint density at radius 3 is 1.21 bits per heavy atom. The van der Waals surface area contributed by atoms with Crippen molar-refractivity contribution in [2.45, 2.75) is 10.8 Å². The van der Waals surface area contributed by atoms with E-state index in [4.69, 9.17) is 0 Å². The number of aromatic nitrogens is 1. The highest BCUT2D eigenvalue weighted by Gasteiger charge is 2.48. The van der Waals surface area contributed by atoms with Crippen LogP contribution in [-0.2, 0) is 10.8 Å². The van der Waals surface area contributed by atoms with Gasteiger partial charge in [0.25, 0.3) is 0 Å². The van der Waals surface area contributed by atoms with Crippen LogP contribution in [0.1, 0.15) is 44.5 Å². The standard InChI is InChI=1S/C68H46N2/c1-5-22-47(23-6-1)67(48-24-7-2-8-25-48)62-37-18-14-33-56(62)60-45-53(41-43-63(60)67)69(51-30-21-31-52(44-51)70-65-38-19-15-34-58(65)59-35-16-20-39-66(59)70)54-40-42-57-55-32-13-17-36-61(55)68(64(57)46-54,49-26-9-3-10-27-49)50-28-11-4-12-29-50/h1-46H. The zero-order chi connectivity index (χ0) is 46.2. The molecule has 0 saturated heterocycles. The smallest absolute Gasteiger partial charge is 0.0714 e. The number of hydrogen-bond donors (Lipinski definition) is 0. The molecule has 12 aromatic rings. The van der Waals surface area contributed by atoms with Gasteiger partial charge < -0.3 is 9.47 Å². The summed E-state index contributed by atoms with van der Waals surface area (Å²) in [4.78, 5) is 2.50. The SMILES string of the molecule is c1ccc(C2(c3ccccc3)c3ccccc3-c3cc(N(c4cccc(-n5c6ccccc6c6ccccc65)c4)c4ccc5c(c4)C(c4ccccc4)(c4ccccc4)c4ccccc4-5)ccc32)cc1. The van der Waals surface area contributed by atoms with Gasteiger partial charge in [0.05, 0.1) is 21.9 Å². The maximum atomic E-state index is 2.50. The van der Waals surface area contributed by atoms with E-state index in [0.717, 1.165) is 22.7 Å². The molecule has 2 heteroatoms. The normalized spacial score (nSPS) is 13.7. The predicted molar refractivity (Wildman–Crippen MR) is 290 cm³/mol. The Balaban J connectivity index is 1.05. The number of rotatable bonds is 8. The van der Waals surface area contributed by atoms with Crippen molar-refractivity contribution in [1.29, 1.82) is 0 Å². The Kier molecular flexibility index (Phi) is 9.06. The number of fused-ring (bicyclic) bond motifs is 9. The highest BCUT2D eigenvalue weighted by molar-refractivity contribution is 6.09. The van der Waals surface area contributed by atoms with E-state index >= 15 is 0 Å². The number of benzene rings is 11. The summed E-state index contributed by atoms with van der Waals surface area (Å²) in [7, 11) is 0. The molecule has 0 aliphatic heterocycles. The van der Waals surface area contributed by atoms with Crippen molar-refractivity contribution in [2.24, 2.45) is 0 Å². The van der Waals surface area contributed by atoms with E-state index in [2.05, 4.69) is 289 Å². The molecule has 14 rings (SSSR count). The largest absolute Gasteiger partial charge is 0.310 e. The molecular weight excluding hydrogens is 845 g/mol. The summed E-state index contributed by atoms with van der Waals surface area (Å²) in [5.41, 5.74) is 20.8. The molecule has 328 valence electrons.